The Balaban J connectivity index is 0.00000300. The molecule has 0 aliphatic heterocycles. The number of halogens is 1. The maximum absolute atomic E-state index is 12.8. The predicted octanol–water partition coefficient (Wildman–Crippen LogP) is 1.83. The molecule has 0 radical (unpaired) electrons. The molecule has 0 fully saturated rings. The summed E-state index contributed by atoms with van der Waals surface area (Å²) in [4.78, 5) is 25.5. The molecule has 7 nitrogen and oxygen atoms in total. The zero-order chi connectivity index (χ0) is 19.8. The molecular formula is C21H25ClN4O3. The number of aromatic nitrogens is 2. The lowest BCUT2D eigenvalue weighted by atomic mass is 10.1. The van der Waals surface area contributed by atoms with Crippen LogP contribution in [-0.2, 0) is 11.3 Å². The topological polar surface area (TPSA) is 85.2 Å². The predicted molar refractivity (Wildman–Crippen MR) is 116 cm³/mol. The molecule has 1 amide bonds. The van der Waals surface area contributed by atoms with E-state index in [1.807, 2.05) is 30.3 Å². The Kier molecular flexibility index (Phi) is 8.79. The van der Waals surface area contributed by atoms with Crippen LogP contribution in [0.25, 0.3) is 10.8 Å². The van der Waals surface area contributed by atoms with E-state index < -0.39 is 0 Å². The highest BCUT2D eigenvalue weighted by atomic mass is 35.5. The fraction of sp³-hybridized carbons (Fsp3) is 0.286. The molecule has 1 heterocycles. The minimum Gasteiger partial charge on any atom is -0.383 e. The average Bonchev–Trinajstić information content (AvgIpc) is 2.73. The summed E-state index contributed by atoms with van der Waals surface area (Å²) in [5.41, 5.74) is 0.987. The number of ether oxygens (including phenoxy) is 1. The lowest BCUT2D eigenvalue weighted by Crippen LogP contribution is -2.35. The minimum atomic E-state index is -0.299. The van der Waals surface area contributed by atoms with Gasteiger partial charge in [0, 0.05) is 32.1 Å². The summed E-state index contributed by atoms with van der Waals surface area (Å²) in [6, 6.07) is 16.7. The average molecular weight is 417 g/mol. The summed E-state index contributed by atoms with van der Waals surface area (Å²) < 4.78 is 6.32. The van der Waals surface area contributed by atoms with E-state index in [0.717, 1.165) is 12.1 Å². The number of methoxy groups -OCH3 is 1. The zero-order valence-corrected chi connectivity index (χ0v) is 17.1. The van der Waals surface area contributed by atoms with Crippen molar-refractivity contribution in [3.05, 3.63) is 76.2 Å². The number of amides is 1. The fourth-order valence-corrected chi connectivity index (χ4v) is 2.91. The molecule has 2 N–H and O–H groups in total. The largest absolute Gasteiger partial charge is 0.383 e. The molecule has 0 bridgehead atoms. The van der Waals surface area contributed by atoms with Gasteiger partial charge in [0.1, 0.15) is 0 Å². The first-order valence-corrected chi connectivity index (χ1v) is 9.22. The molecule has 3 aromatic rings. The van der Waals surface area contributed by atoms with Gasteiger partial charge in [-0.05, 0) is 11.6 Å². The van der Waals surface area contributed by atoms with E-state index in [1.165, 1.54) is 4.68 Å². The Morgan fingerprint density at radius 2 is 1.69 bits per heavy atom. The van der Waals surface area contributed by atoms with Crippen molar-refractivity contribution in [3.8, 4) is 0 Å². The van der Waals surface area contributed by atoms with Crippen molar-refractivity contribution in [2.45, 2.75) is 6.54 Å². The van der Waals surface area contributed by atoms with Gasteiger partial charge in [0.25, 0.3) is 11.5 Å². The van der Waals surface area contributed by atoms with Crippen molar-refractivity contribution in [2.75, 3.05) is 33.4 Å². The standard InChI is InChI=1S/C21H24N4O3.ClH/c1-28-14-13-22-11-12-23-20(26)19-17-9-5-6-10-18(17)21(27)25(24-19)15-16-7-3-2-4-8-16;/h2-10,22H,11-15H2,1H3,(H,23,26);1H. The van der Waals surface area contributed by atoms with Crippen molar-refractivity contribution >= 4 is 29.1 Å². The van der Waals surface area contributed by atoms with E-state index >= 15 is 0 Å². The van der Waals surface area contributed by atoms with Crippen molar-refractivity contribution < 1.29 is 9.53 Å². The Morgan fingerprint density at radius 1 is 1.00 bits per heavy atom. The number of hydrogen-bond acceptors (Lipinski definition) is 5. The molecule has 154 valence electrons. The second-order valence-corrected chi connectivity index (χ2v) is 6.34. The molecule has 0 atom stereocenters. The summed E-state index contributed by atoms with van der Waals surface area (Å²) in [5.74, 6) is -0.299. The number of carbonyl (C=O) groups is 1. The van der Waals surface area contributed by atoms with E-state index in [0.29, 0.717) is 37.0 Å². The van der Waals surface area contributed by atoms with Gasteiger partial charge < -0.3 is 15.4 Å². The highest BCUT2D eigenvalue weighted by Gasteiger charge is 2.16. The Bertz CT molecular complexity index is 992. The normalized spacial score (nSPS) is 10.5. The van der Waals surface area contributed by atoms with E-state index in [2.05, 4.69) is 15.7 Å². The highest BCUT2D eigenvalue weighted by molar-refractivity contribution is 6.04. The maximum Gasteiger partial charge on any atom is 0.274 e. The minimum absolute atomic E-state index is 0. The van der Waals surface area contributed by atoms with Gasteiger partial charge in [-0.3, -0.25) is 9.59 Å². The quantitative estimate of drug-likeness (QED) is 0.520. The van der Waals surface area contributed by atoms with Gasteiger partial charge >= 0.3 is 0 Å². The summed E-state index contributed by atoms with van der Waals surface area (Å²) in [6.45, 7) is 2.72. The molecular weight excluding hydrogens is 392 g/mol. The molecule has 2 aromatic carbocycles. The van der Waals surface area contributed by atoms with Gasteiger partial charge in [-0.15, -0.1) is 12.4 Å². The molecule has 0 spiro atoms. The number of rotatable bonds is 9. The van der Waals surface area contributed by atoms with Crippen molar-refractivity contribution in [2.24, 2.45) is 0 Å². The molecule has 0 saturated heterocycles. The van der Waals surface area contributed by atoms with E-state index in [-0.39, 0.29) is 29.6 Å². The molecule has 3 rings (SSSR count). The van der Waals surface area contributed by atoms with E-state index in [4.69, 9.17) is 4.74 Å². The number of benzene rings is 2. The summed E-state index contributed by atoms with van der Waals surface area (Å²) in [5, 5.41) is 11.4. The van der Waals surface area contributed by atoms with Crippen LogP contribution in [0.3, 0.4) is 0 Å². The number of hydrogen-bond donors (Lipinski definition) is 2. The van der Waals surface area contributed by atoms with Crippen LogP contribution in [0.2, 0.25) is 0 Å². The molecule has 1 aromatic heterocycles. The summed E-state index contributed by atoms with van der Waals surface area (Å²) >= 11 is 0. The third-order valence-corrected chi connectivity index (χ3v) is 4.33. The number of nitrogens with one attached hydrogen (secondary N) is 2. The van der Waals surface area contributed by atoms with E-state index in [1.54, 1.807) is 31.4 Å². The summed E-state index contributed by atoms with van der Waals surface area (Å²) in [6.07, 6.45) is 0. The molecule has 0 saturated carbocycles. The highest BCUT2D eigenvalue weighted by Crippen LogP contribution is 2.13. The van der Waals surface area contributed by atoms with E-state index in [9.17, 15) is 9.59 Å². The first-order chi connectivity index (χ1) is 13.7. The monoisotopic (exact) mass is 416 g/mol. The SMILES string of the molecule is COCCNCCNC(=O)c1nn(Cc2ccccc2)c(=O)c2ccccc12.Cl. The first kappa shape index (κ1) is 22.5. The van der Waals surface area contributed by atoms with Crippen molar-refractivity contribution in [1.29, 1.82) is 0 Å². The lowest BCUT2D eigenvalue weighted by Gasteiger charge is -2.12. The van der Waals surface area contributed by atoms with Crippen LogP contribution in [0.1, 0.15) is 16.1 Å². The summed E-state index contributed by atoms with van der Waals surface area (Å²) in [7, 11) is 1.64. The Hall–Kier alpha value is -2.74. The van der Waals surface area contributed by atoms with Crippen LogP contribution in [0, 0.1) is 0 Å². The second kappa shape index (κ2) is 11.3. The first-order valence-electron chi connectivity index (χ1n) is 9.22. The Labute approximate surface area is 175 Å². The van der Waals surface area contributed by atoms with Gasteiger partial charge in [-0.1, -0.05) is 48.5 Å². The lowest BCUT2D eigenvalue weighted by molar-refractivity contribution is 0.0948. The third-order valence-electron chi connectivity index (χ3n) is 4.33. The van der Waals surface area contributed by atoms with Crippen LogP contribution in [0.15, 0.2) is 59.4 Å². The number of fused-ring (bicyclic) bond motifs is 1. The molecule has 29 heavy (non-hydrogen) atoms. The smallest absolute Gasteiger partial charge is 0.274 e. The Morgan fingerprint density at radius 3 is 2.41 bits per heavy atom. The number of carbonyl (C=O) groups excluding carboxylic acids is 1. The maximum atomic E-state index is 12.8. The molecule has 0 unspecified atom stereocenters. The zero-order valence-electron chi connectivity index (χ0n) is 16.3. The fourth-order valence-electron chi connectivity index (χ4n) is 2.91. The van der Waals surface area contributed by atoms with Crippen molar-refractivity contribution in [3.63, 3.8) is 0 Å². The second-order valence-electron chi connectivity index (χ2n) is 6.34. The van der Waals surface area contributed by atoms with Crippen molar-refractivity contribution in [1.82, 2.24) is 20.4 Å². The van der Waals surface area contributed by atoms with Crippen LogP contribution < -0.4 is 16.2 Å². The van der Waals surface area contributed by atoms with Crippen LogP contribution in [0.4, 0.5) is 0 Å². The molecule has 0 aliphatic carbocycles. The van der Waals surface area contributed by atoms with Crippen LogP contribution in [-0.4, -0.2) is 49.0 Å². The molecule has 0 aliphatic rings. The van der Waals surface area contributed by atoms with Gasteiger partial charge in [-0.25, -0.2) is 4.68 Å². The molecule has 8 heteroatoms. The van der Waals surface area contributed by atoms with Gasteiger partial charge in [0.2, 0.25) is 0 Å². The number of nitrogens with zero attached hydrogens (tertiary/aromatic N) is 2. The van der Waals surface area contributed by atoms with Gasteiger partial charge in [-0.2, -0.15) is 5.10 Å². The van der Waals surface area contributed by atoms with Gasteiger partial charge in [0.05, 0.1) is 18.5 Å². The van der Waals surface area contributed by atoms with Crippen LogP contribution in [0.5, 0.6) is 0 Å². The third kappa shape index (κ3) is 5.87. The van der Waals surface area contributed by atoms with Gasteiger partial charge in [0.15, 0.2) is 5.69 Å². The van der Waals surface area contributed by atoms with Crippen LogP contribution >= 0.6 is 12.4 Å².